The van der Waals surface area contributed by atoms with Crippen LogP contribution in [0.5, 0.6) is 11.5 Å². The zero-order chi connectivity index (χ0) is 17.9. The van der Waals surface area contributed by atoms with Crippen LogP contribution in [-0.4, -0.2) is 20.1 Å². The van der Waals surface area contributed by atoms with E-state index >= 15 is 0 Å². The predicted molar refractivity (Wildman–Crippen MR) is 98.4 cm³/mol. The van der Waals surface area contributed by atoms with E-state index in [1.54, 1.807) is 14.2 Å². The van der Waals surface area contributed by atoms with Crippen molar-refractivity contribution in [1.82, 2.24) is 5.32 Å². The summed E-state index contributed by atoms with van der Waals surface area (Å²) in [6.45, 7) is 0.390. The molecule has 1 aliphatic rings. The zero-order valence-electron chi connectivity index (χ0n) is 14.5. The number of hydrogen-bond acceptors (Lipinski definition) is 3. The minimum absolute atomic E-state index is 0.0332. The fourth-order valence-corrected chi connectivity index (χ4v) is 3.59. The van der Waals surface area contributed by atoms with E-state index in [0.717, 1.165) is 30.4 Å². The lowest BCUT2D eigenvalue weighted by Gasteiger charge is -2.40. The Morgan fingerprint density at radius 1 is 1.16 bits per heavy atom. The van der Waals surface area contributed by atoms with E-state index in [1.165, 1.54) is 0 Å². The standard InChI is InChI=1S/C20H22ClNO3/c1-24-17-9-3-6-14(18(17)25-2)13-22-19(23)20(10-5-11-20)15-7-4-8-16(21)12-15/h3-4,6-9,12H,5,10-11,13H2,1-2H3,(H,22,23). The number of ether oxygens (including phenoxy) is 2. The lowest BCUT2D eigenvalue weighted by atomic mass is 9.64. The largest absolute Gasteiger partial charge is 0.493 e. The number of amides is 1. The molecular formula is C20H22ClNO3. The quantitative estimate of drug-likeness (QED) is 0.844. The van der Waals surface area contributed by atoms with Gasteiger partial charge in [0.05, 0.1) is 19.6 Å². The summed E-state index contributed by atoms with van der Waals surface area (Å²) >= 11 is 6.12. The van der Waals surface area contributed by atoms with Gasteiger partial charge in [0, 0.05) is 17.1 Å². The minimum atomic E-state index is -0.475. The van der Waals surface area contributed by atoms with Crippen molar-refractivity contribution in [2.75, 3.05) is 14.2 Å². The first-order valence-corrected chi connectivity index (χ1v) is 8.73. The molecule has 25 heavy (non-hydrogen) atoms. The van der Waals surface area contributed by atoms with Gasteiger partial charge in [-0.15, -0.1) is 0 Å². The molecule has 0 aliphatic heterocycles. The maximum Gasteiger partial charge on any atom is 0.230 e. The Kier molecular flexibility index (Phi) is 5.19. The van der Waals surface area contributed by atoms with E-state index in [4.69, 9.17) is 21.1 Å². The lowest BCUT2D eigenvalue weighted by Crippen LogP contribution is -2.49. The Balaban J connectivity index is 1.78. The molecule has 1 amide bonds. The number of hydrogen-bond donors (Lipinski definition) is 1. The number of methoxy groups -OCH3 is 2. The molecule has 0 unspecified atom stereocenters. The maximum atomic E-state index is 13.0. The summed E-state index contributed by atoms with van der Waals surface area (Å²) in [6, 6.07) is 13.3. The molecule has 2 aromatic rings. The van der Waals surface area contributed by atoms with Crippen molar-refractivity contribution in [3.63, 3.8) is 0 Å². The van der Waals surface area contributed by atoms with Gasteiger partial charge < -0.3 is 14.8 Å². The van der Waals surface area contributed by atoms with Crippen LogP contribution < -0.4 is 14.8 Å². The molecule has 5 heteroatoms. The minimum Gasteiger partial charge on any atom is -0.493 e. The topological polar surface area (TPSA) is 47.6 Å². The molecule has 1 N–H and O–H groups in total. The molecule has 1 fully saturated rings. The van der Waals surface area contributed by atoms with Gasteiger partial charge in [0.15, 0.2) is 11.5 Å². The Morgan fingerprint density at radius 2 is 1.92 bits per heavy atom. The molecule has 4 nitrogen and oxygen atoms in total. The van der Waals surface area contributed by atoms with Crippen LogP contribution in [-0.2, 0) is 16.8 Å². The molecule has 0 aromatic heterocycles. The normalized spacial score (nSPS) is 15.2. The van der Waals surface area contributed by atoms with E-state index < -0.39 is 5.41 Å². The second-order valence-corrected chi connectivity index (χ2v) is 6.72. The molecule has 0 saturated heterocycles. The summed E-state index contributed by atoms with van der Waals surface area (Å²) in [5.74, 6) is 1.34. The number of para-hydroxylation sites is 1. The van der Waals surface area contributed by atoms with Gasteiger partial charge in [-0.1, -0.05) is 42.3 Å². The average Bonchev–Trinajstić information content (AvgIpc) is 2.58. The smallest absolute Gasteiger partial charge is 0.230 e. The number of rotatable bonds is 6. The third kappa shape index (κ3) is 3.31. The van der Waals surface area contributed by atoms with Gasteiger partial charge in [0.2, 0.25) is 5.91 Å². The highest BCUT2D eigenvalue weighted by molar-refractivity contribution is 6.30. The zero-order valence-corrected chi connectivity index (χ0v) is 15.2. The van der Waals surface area contributed by atoms with Crippen LogP contribution in [0.25, 0.3) is 0 Å². The summed E-state index contributed by atoms with van der Waals surface area (Å²) in [5, 5.41) is 3.73. The van der Waals surface area contributed by atoms with Crippen LogP contribution in [0.4, 0.5) is 0 Å². The van der Waals surface area contributed by atoms with Crippen molar-refractivity contribution in [2.24, 2.45) is 0 Å². The molecule has 0 spiro atoms. The van der Waals surface area contributed by atoms with Crippen LogP contribution in [0.2, 0.25) is 5.02 Å². The molecular weight excluding hydrogens is 338 g/mol. The number of benzene rings is 2. The third-order valence-corrected chi connectivity index (χ3v) is 5.18. The highest BCUT2D eigenvalue weighted by Gasteiger charge is 2.45. The number of halogens is 1. The Labute approximate surface area is 153 Å². The monoisotopic (exact) mass is 359 g/mol. The fourth-order valence-electron chi connectivity index (χ4n) is 3.40. The van der Waals surface area contributed by atoms with Crippen LogP contribution >= 0.6 is 11.6 Å². The number of nitrogens with one attached hydrogen (secondary N) is 1. The van der Waals surface area contributed by atoms with Crippen molar-refractivity contribution in [1.29, 1.82) is 0 Å². The maximum absolute atomic E-state index is 13.0. The van der Waals surface area contributed by atoms with Crippen LogP contribution in [0.3, 0.4) is 0 Å². The second-order valence-electron chi connectivity index (χ2n) is 6.28. The summed E-state index contributed by atoms with van der Waals surface area (Å²) in [6.07, 6.45) is 2.73. The lowest BCUT2D eigenvalue weighted by molar-refractivity contribution is -0.130. The van der Waals surface area contributed by atoms with Gasteiger partial charge >= 0.3 is 0 Å². The fraction of sp³-hybridized carbons (Fsp3) is 0.350. The second kappa shape index (κ2) is 7.36. The van der Waals surface area contributed by atoms with E-state index in [2.05, 4.69) is 5.32 Å². The third-order valence-electron chi connectivity index (χ3n) is 4.94. The number of carbonyl (C=O) groups is 1. The van der Waals surface area contributed by atoms with Gasteiger partial charge in [-0.3, -0.25) is 4.79 Å². The highest BCUT2D eigenvalue weighted by Crippen LogP contribution is 2.44. The Morgan fingerprint density at radius 3 is 2.52 bits per heavy atom. The van der Waals surface area contributed by atoms with E-state index in [-0.39, 0.29) is 5.91 Å². The molecule has 2 aromatic carbocycles. The average molecular weight is 360 g/mol. The van der Waals surface area contributed by atoms with Gasteiger partial charge in [-0.2, -0.15) is 0 Å². The Bertz CT molecular complexity index is 771. The van der Waals surface area contributed by atoms with Gasteiger partial charge in [0.25, 0.3) is 0 Å². The molecule has 0 heterocycles. The molecule has 1 saturated carbocycles. The summed E-state index contributed by atoms with van der Waals surface area (Å²) in [7, 11) is 3.20. The first-order chi connectivity index (χ1) is 12.1. The summed E-state index contributed by atoms with van der Waals surface area (Å²) in [5.41, 5.74) is 1.40. The van der Waals surface area contributed by atoms with Crippen LogP contribution in [0.1, 0.15) is 30.4 Å². The molecule has 0 atom stereocenters. The predicted octanol–water partition coefficient (Wildman–Crippen LogP) is 4.10. The molecule has 132 valence electrons. The van der Waals surface area contributed by atoms with Gasteiger partial charge in [0.1, 0.15) is 0 Å². The van der Waals surface area contributed by atoms with Gasteiger partial charge in [-0.05, 0) is 36.6 Å². The summed E-state index contributed by atoms with van der Waals surface area (Å²) < 4.78 is 10.7. The highest BCUT2D eigenvalue weighted by atomic mass is 35.5. The molecule has 1 aliphatic carbocycles. The van der Waals surface area contributed by atoms with E-state index in [9.17, 15) is 4.79 Å². The van der Waals surface area contributed by atoms with E-state index in [0.29, 0.717) is 23.1 Å². The van der Waals surface area contributed by atoms with Crippen molar-refractivity contribution < 1.29 is 14.3 Å². The van der Waals surface area contributed by atoms with E-state index in [1.807, 2.05) is 42.5 Å². The van der Waals surface area contributed by atoms with Crippen LogP contribution in [0, 0.1) is 0 Å². The SMILES string of the molecule is COc1cccc(CNC(=O)C2(c3cccc(Cl)c3)CCC2)c1OC. The van der Waals surface area contributed by atoms with Gasteiger partial charge in [-0.25, -0.2) is 0 Å². The molecule has 0 bridgehead atoms. The van der Waals surface area contributed by atoms with Crippen molar-refractivity contribution in [3.05, 3.63) is 58.6 Å². The first-order valence-electron chi connectivity index (χ1n) is 8.35. The first kappa shape index (κ1) is 17.6. The van der Waals surface area contributed by atoms with Crippen LogP contribution in [0.15, 0.2) is 42.5 Å². The molecule has 3 rings (SSSR count). The van der Waals surface area contributed by atoms with Crippen molar-refractivity contribution in [3.8, 4) is 11.5 Å². The number of carbonyl (C=O) groups excluding carboxylic acids is 1. The van der Waals surface area contributed by atoms with Crippen molar-refractivity contribution >= 4 is 17.5 Å². The summed E-state index contributed by atoms with van der Waals surface area (Å²) in [4.78, 5) is 13.0. The Hall–Kier alpha value is -2.20. The van der Waals surface area contributed by atoms with Crippen molar-refractivity contribution in [2.45, 2.75) is 31.2 Å². The molecule has 0 radical (unpaired) electrons.